The Morgan fingerprint density at radius 1 is 1.07 bits per heavy atom. The number of fused-ring (bicyclic) bond motifs is 1. The van der Waals surface area contributed by atoms with Gasteiger partial charge in [-0.15, -0.1) is 0 Å². The number of aromatic nitrogens is 3. The number of ether oxygens (including phenoxy) is 2. The first-order chi connectivity index (χ1) is 14.2. The van der Waals surface area contributed by atoms with Crippen LogP contribution in [0, 0.1) is 5.82 Å². The molecule has 7 heteroatoms. The summed E-state index contributed by atoms with van der Waals surface area (Å²) in [4.78, 5) is 16.5. The molecule has 0 aliphatic rings. The molecule has 29 heavy (non-hydrogen) atoms. The van der Waals surface area contributed by atoms with E-state index in [1.807, 2.05) is 18.2 Å². The molecule has 0 fully saturated rings. The van der Waals surface area contributed by atoms with E-state index >= 15 is 0 Å². The first kappa shape index (κ1) is 18.6. The Morgan fingerprint density at radius 2 is 1.93 bits per heavy atom. The van der Waals surface area contributed by atoms with Gasteiger partial charge in [-0.05, 0) is 36.4 Å². The lowest BCUT2D eigenvalue weighted by molar-refractivity contribution is 0.291. The zero-order valence-electron chi connectivity index (χ0n) is 15.7. The monoisotopic (exact) mass is 391 g/mol. The second-order valence-electron chi connectivity index (χ2n) is 6.30. The van der Waals surface area contributed by atoms with Crippen LogP contribution in [0.5, 0.6) is 11.5 Å². The predicted octanol–water partition coefficient (Wildman–Crippen LogP) is 3.69. The summed E-state index contributed by atoms with van der Waals surface area (Å²) in [6.07, 6.45) is 1.65. The summed E-state index contributed by atoms with van der Waals surface area (Å²) in [7, 11) is 1.60. The summed E-state index contributed by atoms with van der Waals surface area (Å²) in [6, 6.07) is 16.5. The number of rotatable bonds is 6. The van der Waals surface area contributed by atoms with E-state index in [1.165, 1.54) is 22.9 Å². The van der Waals surface area contributed by atoms with Crippen molar-refractivity contribution in [2.75, 3.05) is 13.7 Å². The molecule has 0 bridgehead atoms. The highest BCUT2D eigenvalue weighted by molar-refractivity contribution is 5.85. The molecule has 0 radical (unpaired) electrons. The summed E-state index contributed by atoms with van der Waals surface area (Å²) in [5.74, 6) is 0.971. The smallest absolute Gasteiger partial charge is 0.266 e. The lowest BCUT2D eigenvalue weighted by atomic mass is 10.1. The van der Waals surface area contributed by atoms with Crippen molar-refractivity contribution in [3.8, 4) is 22.8 Å². The summed E-state index contributed by atoms with van der Waals surface area (Å²) >= 11 is 0. The van der Waals surface area contributed by atoms with E-state index in [4.69, 9.17) is 9.47 Å². The van der Waals surface area contributed by atoms with E-state index in [0.29, 0.717) is 22.8 Å². The van der Waals surface area contributed by atoms with Crippen molar-refractivity contribution in [2.45, 2.75) is 6.54 Å². The number of methoxy groups -OCH3 is 1. The molecule has 2 aromatic heterocycles. The Hall–Kier alpha value is -3.74. The summed E-state index contributed by atoms with van der Waals surface area (Å²) < 4.78 is 26.4. The van der Waals surface area contributed by atoms with Crippen molar-refractivity contribution in [1.29, 1.82) is 0 Å². The van der Waals surface area contributed by atoms with Gasteiger partial charge in [0.05, 0.1) is 24.9 Å². The van der Waals surface area contributed by atoms with Crippen LogP contribution in [0.3, 0.4) is 0 Å². The lowest BCUT2D eigenvalue weighted by Gasteiger charge is -2.11. The molecule has 0 saturated heterocycles. The van der Waals surface area contributed by atoms with Crippen LogP contribution >= 0.6 is 0 Å². The maximum Gasteiger partial charge on any atom is 0.266 e. The van der Waals surface area contributed by atoms with Crippen molar-refractivity contribution >= 4 is 10.9 Å². The molecule has 6 nitrogen and oxygen atoms in total. The van der Waals surface area contributed by atoms with Gasteiger partial charge in [-0.1, -0.05) is 12.1 Å². The molecule has 4 rings (SSSR count). The number of nitrogens with zero attached hydrogens (tertiary/aromatic N) is 3. The molecule has 0 atom stereocenters. The highest BCUT2D eigenvalue weighted by atomic mass is 19.1. The van der Waals surface area contributed by atoms with Crippen molar-refractivity contribution < 1.29 is 13.9 Å². The van der Waals surface area contributed by atoms with Crippen LogP contribution in [0.4, 0.5) is 4.39 Å². The highest BCUT2D eigenvalue weighted by Gasteiger charge is 2.09. The standard InChI is InChI=1S/C22H18FN3O3/c1-28-15-6-7-17-20(14-15)24-11-10-21(17)29-13-12-26-22(27)9-8-19(25-26)16-4-2-3-5-18(16)23/h2-11,14H,12-13H2,1H3. The summed E-state index contributed by atoms with van der Waals surface area (Å²) in [6.45, 7) is 0.444. The van der Waals surface area contributed by atoms with Gasteiger partial charge < -0.3 is 9.47 Å². The van der Waals surface area contributed by atoms with Crippen LogP contribution in [-0.2, 0) is 6.54 Å². The Labute approximate surface area is 166 Å². The highest BCUT2D eigenvalue weighted by Crippen LogP contribution is 2.27. The normalized spacial score (nSPS) is 10.8. The third kappa shape index (κ3) is 3.94. The van der Waals surface area contributed by atoms with Crippen molar-refractivity contribution in [1.82, 2.24) is 14.8 Å². The zero-order valence-corrected chi connectivity index (χ0v) is 15.7. The molecule has 0 amide bonds. The second kappa shape index (κ2) is 8.10. The molecule has 0 aliphatic carbocycles. The predicted molar refractivity (Wildman–Crippen MR) is 108 cm³/mol. The van der Waals surface area contributed by atoms with E-state index in [-0.39, 0.29) is 24.5 Å². The first-order valence-electron chi connectivity index (χ1n) is 9.04. The van der Waals surface area contributed by atoms with E-state index in [0.717, 1.165) is 10.9 Å². The van der Waals surface area contributed by atoms with E-state index in [1.54, 1.807) is 37.6 Å². The average Bonchev–Trinajstić information content (AvgIpc) is 2.75. The second-order valence-corrected chi connectivity index (χ2v) is 6.30. The van der Waals surface area contributed by atoms with Gasteiger partial charge in [0.15, 0.2) is 0 Å². The average molecular weight is 391 g/mol. The van der Waals surface area contributed by atoms with E-state index < -0.39 is 0 Å². The quantitative estimate of drug-likeness (QED) is 0.502. The van der Waals surface area contributed by atoms with Gasteiger partial charge in [-0.2, -0.15) is 5.10 Å². The van der Waals surface area contributed by atoms with Gasteiger partial charge in [0.2, 0.25) is 0 Å². The number of hydrogen-bond donors (Lipinski definition) is 0. The third-order valence-corrected chi connectivity index (χ3v) is 4.49. The fraction of sp³-hybridized carbons (Fsp3) is 0.136. The molecule has 4 aromatic rings. The SMILES string of the molecule is COc1ccc2c(OCCn3nc(-c4ccccc4F)ccc3=O)ccnc2c1. The van der Waals surface area contributed by atoms with Gasteiger partial charge >= 0.3 is 0 Å². The molecular formula is C22H18FN3O3. The minimum atomic E-state index is -0.389. The molecule has 2 heterocycles. The van der Waals surface area contributed by atoms with Gasteiger partial charge in [0, 0.05) is 29.3 Å². The Morgan fingerprint density at radius 3 is 2.76 bits per heavy atom. The molecule has 0 spiro atoms. The minimum Gasteiger partial charge on any atom is -0.497 e. The van der Waals surface area contributed by atoms with Gasteiger partial charge in [0.1, 0.15) is 23.9 Å². The van der Waals surface area contributed by atoms with Gasteiger partial charge in [0.25, 0.3) is 5.56 Å². The van der Waals surface area contributed by atoms with Crippen LogP contribution in [0.2, 0.25) is 0 Å². The van der Waals surface area contributed by atoms with E-state index in [2.05, 4.69) is 10.1 Å². The molecule has 0 aliphatic heterocycles. The molecule has 0 N–H and O–H groups in total. The molecule has 0 saturated carbocycles. The largest absolute Gasteiger partial charge is 0.497 e. The maximum atomic E-state index is 14.0. The third-order valence-electron chi connectivity index (χ3n) is 4.49. The molecular weight excluding hydrogens is 373 g/mol. The van der Waals surface area contributed by atoms with Crippen LogP contribution < -0.4 is 15.0 Å². The number of halogens is 1. The van der Waals surface area contributed by atoms with Crippen molar-refractivity contribution in [3.05, 3.63) is 83.0 Å². The minimum absolute atomic E-state index is 0.221. The number of hydrogen-bond acceptors (Lipinski definition) is 5. The maximum absolute atomic E-state index is 14.0. The fourth-order valence-corrected chi connectivity index (χ4v) is 3.02. The number of pyridine rings is 1. The van der Waals surface area contributed by atoms with Crippen LogP contribution in [0.25, 0.3) is 22.2 Å². The van der Waals surface area contributed by atoms with Gasteiger partial charge in [-0.3, -0.25) is 9.78 Å². The Kier molecular flexibility index (Phi) is 5.20. The molecule has 0 unspecified atom stereocenters. The number of benzene rings is 2. The lowest BCUT2D eigenvalue weighted by Crippen LogP contribution is -2.25. The molecule has 2 aromatic carbocycles. The Bertz CT molecular complexity index is 1220. The van der Waals surface area contributed by atoms with E-state index in [9.17, 15) is 9.18 Å². The van der Waals surface area contributed by atoms with Crippen molar-refractivity contribution in [3.63, 3.8) is 0 Å². The topological polar surface area (TPSA) is 66.2 Å². The van der Waals surface area contributed by atoms with Crippen LogP contribution in [0.1, 0.15) is 0 Å². The molecule has 146 valence electrons. The summed E-state index contributed by atoms with van der Waals surface area (Å²) in [5, 5.41) is 5.12. The summed E-state index contributed by atoms with van der Waals surface area (Å²) in [5.41, 5.74) is 1.21. The van der Waals surface area contributed by atoms with Crippen molar-refractivity contribution in [2.24, 2.45) is 0 Å². The van der Waals surface area contributed by atoms with Crippen LogP contribution in [0.15, 0.2) is 71.7 Å². The van der Waals surface area contributed by atoms with Gasteiger partial charge in [-0.25, -0.2) is 9.07 Å². The fourth-order valence-electron chi connectivity index (χ4n) is 3.02. The Balaban J connectivity index is 1.53. The first-order valence-corrected chi connectivity index (χ1v) is 9.04. The zero-order chi connectivity index (χ0) is 20.2. The van der Waals surface area contributed by atoms with Crippen LogP contribution in [-0.4, -0.2) is 28.5 Å².